The second kappa shape index (κ2) is 8.41. The van der Waals surface area contributed by atoms with Gasteiger partial charge in [-0.1, -0.05) is 0 Å². The van der Waals surface area contributed by atoms with Crippen molar-refractivity contribution in [2.24, 2.45) is 11.8 Å². The van der Waals surface area contributed by atoms with Crippen LogP contribution < -0.4 is 9.64 Å². The van der Waals surface area contributed by atoms with Gasteiger partial charge in [0.1, 0.15) is 23.2 Å². The van der Waals surface area contributed by atoms with Crippen molar-refractivity contribution < 1.29 is 14.3 Å². The molecule has 1 aliphatic carbocycles. The van der Waals surface area contributed by atoms with Crippen LogP contribution in [0.2, 0.25) is 0 Å². The van der Waals surface area contributed by atoms with Gasteiger partial charge in [0, 0.05) is 43.6 Å². The second-order valence-corrected chi connectivity index (χ2v) is 10.1. The van der Waals surface area contributed by atoms with Crippen LogP contribution in [-0.2, 0) is 4.74 Å². The molecule has 2 fully saturated rings. The lowest BCUT2D eigenvalue weighted by Gasteiger charge is -2.27. The Morgan fingerprint density at radius 2 is 1.97 bits per heavy atom. The number of hydrogen-bond donors (Lipinski definition) is 0. The normalized spacial score (nSPS) is 20.9. The molecule has 3 aromatic heterocycles. The zero-order valence-corrected chi connectivity index (χ0v) is 20.6. The molecule has 182 valence electrons. The van der Waals surface area contributed by atoms with E-state index >= 15 is 0 Å². The molecule has 1 saturated carbocycles. The molecule has 5 rings (SSSR count). The Labute approximate surface area is 204 Å². The largest absolute Gasteiger partial charge is 0.492 e. The van der Waals surface area contributed by atoms with Crippen molar-refractivity contribution in [3.05, 3.63) is 36.4 Å². The number of hydrogen-bond acceptors (Lipinski definition) is 8. The molecule has 3 aromatic rings. The molecule has 1 amide bonds. The Balaban J connectivity index is 1.31. The van der Waals surface area contributed by atoms with E-state index in [9.17, 15) is 10.1 Å². The van der Waals surface area contributed by atoms with Crippen LogP contribution in [0.1, 0.15) is 33.3 Å². The summed E-state index contributed by atoms with van der Waals surface area (Å²) in [5.74, 6) is 2.25. The van der Waals surface area contributed by atoms with Crippen LogP contribution >= 0.6 is 0 Å². The molecule has 0 N–H and O–H groups in total. The lowest BCUT2D eigenvalue weighted by Crippen LogP contribution is -2.39. The summed E-state index contributed by atoms with van der Waals surface area (Å²) in [5.41, 5.74) is 2.02. The minimum absolute atomic E-state index is 0.203. The van der Waals surface area contributed by atoms with Crippen LogP contribution in [0.5, 0.6) is 5.75 Å². The predicted octanol–water partition coefficient (Wildman–Crippen LogP) is 3.36. The van der Waals surface area contributed by atoms with Gasteiger partial charge < -0.3 is 19.3 Å². The van der Waals surface area contributed by atoms with Crippen LogP contribution in [0.15, 0.2) is 30.9 Å². The number of carbonyl (C=O) groups excluding carboxylic acids is 1. The summed E-state index contributed by atoms with van der Waals surface area (Å²) in [7, 11) is 1.82. The lowest BCUT2D eigenvalue weighted by molar-refractivity contribution is 0.0268. The van der Waals surface area contributed by atoms with E-state index in [4.69, 9.17) is 9.47 Å². The first-order chi connectivity index (χ1) is 16.7. The molecule has 0 spiro atoms. The van der Waals surface area contributed by atoms with E-state index in [-0.39, 0.29) is 12.1 Å². The Bertz CT molecular complexity index is 1290. The first kappa shape index (κ1) is 22.9. The van der Waals surface area contributed by atoms with Gasteiger partial charge in [-0.2, -0.15) is 10.4 Å². The quantitative estimate of drug-likeness (QED) is 0.553. The number of fused-ring (bicyclic) bond motifs is 2. The van der Waals surface area contributed by atoms with Crippen molar-refractivity contribution in [3.8, 4) is 23.1 Å². The van der Waals surface area contributed by atoms with Gasteiger partial charge >= 0.3 is 6.09 Å². The van der Waals surface area contributed by atoms with Gasteiger partial charge in [0.2, 0.25) is 0 Å². The zero-order valence-electron chi connectivity index (χ0n) is 20.6. The van der Waals surface area contributed by atoms with Crippen molar-refractivity contribution >= 4 is 17.4 Å². The molecule has 0 unspecified atom stereocenters. The molecule has 0 radical (unpaired) electrons. The third-order valence-corrected chi connectivity index (χ3v) is 6.53. The smallest absolute Gasteiger partial charge is 0.410 e. The SMILES string of the molecule is CCOc1cc(-c2cnc(N3C[C@@H]4[C@H](C3)[C@@H]4N(C)C(=O)OC(C)(C)C)cn2)c2c(C#N)cnn2c1. The number of nitriles is 1. The molecule has 35 heavy (non-hydrogen) atoms. The number of amides is 1. The lowest BCUT2D eigenvalue weighted by atomic mass is 10.1. The van der Waals surface area contributed by atoms with Crippen LogP contribution in [0.3, 0.4) is 0 Å². The average Bonchev–Trinajstić information content (AvgIpc) is 3.13. The summed E-state index contributed by atoms with van der Waals surface area (Å²) in [6.07, 6.45) is 6.51. The van der Waals surface area contributed by atoms with E-state index < -0.39 is 5.60 Å². The van der Waals surface area contributed by atoms with E-state index in [1.54, 1.807) is 28.0 Å². The molecule has 3 atom stereocenters. The monoisotopic (exact) mass is 475 g/mol. The van der Waals surface area contributed by atoms with Crippen molar-refractivity contribution in [1.29, 1.82) is 5.26 Å². The number of rotatable bonds is 5. The summed E-state index contributed by atoms with van der Waals surface area (Å²) >= 11 is 0. The van der Waals surface area contributed by atoms with E-state index in [0.29, 0.717) is 41.0 Å². The molecule has 4 heterocycles. The number of pyridine rings is 1. The number of nitrogens with zero attached hydrogens (tertiary/aromatic N) is 7. The minimum Gasteiger partial charge on any atom is -0.492 e. The van der Waals surface area contributed by atoms with E-state index in [1.165, 1.54) is 6.20 Å². The number of piperidine rings is 1. The Morgan fingerprint density at radius 1 is 1.23 bits per heavy atom. The maximum absolute atomic E-state index is 12.4. The summed E-state index contributed by atoms with van der Waals surface area (Å²) in [5, 5.41) is 13.8. The summed E-state index contributed by atoms with van der Waals surface area (Å²) < 4.78 is 12.8. The highest BCUT2D eigenvalue weighted by atomic mass is 16.6. The fraction of sp³-hybridized carbons (Fsp3) is 0.480. The van der Waals surface area contributed by atoms with Gasteiger partial charge in [-0.25, -0.2) is 14.3 Å². The van der Waals surface area contributed by atoms with E-state index in [1.807, 2.05) is 40.8 Å². The third-order valence-electron chi connectivity index (χ3n) is 6.53. The molecule has 1 aliphatic heterocycles. The van der Waals surface area contributed by atoms with Crippen molar-refractivity contribution in [1.82, 2.24) is 24.5 Å². The molecule has 10 nitrogen and oxygen atoms in total. The number of aromatic nitrogens is 4. The number of anilines is 1. The molecule has 0 aromatic carbocycles. The Morgan fingerprint density at radius 3 is 2.57 bits per heavy atom. The zero-order chi connectivity index (χ0) is 24.9. The third kappa shape index (κ3) is 4.22. The second-order valence-electron chi connectivity index (χ2n) is 10.1. The molecule has 0 bridgehead atoms. The summed E-state index contributed by atoms with van der Waals surface area (Å²) in [6.45, 7) is 9.71. The maximum Gasteiger partial charge on any atom is 0.410 e. The van der Waals surface area contributed by atoms with Crippen LogP contribution in [0.25, 0.3) is 16.8 Å². The van der Waals surface area contributed by atoms with Crippen LogP contribution in [0.4, 0.5) is 10.6 Å². The molecular weight excluding hydrogens is 446 g/mol. The highest BCUT2D eigenvalue weighted by molar-refractivity contribution is 5.83. The minimum atomic E-state index is -0.503. The van der Waals surface area contributed by atoms with Gasteiger partial charge in [0.05, 0.1) is 48.2 Å². The first-order valence-electron chi connectivity index (χ1n) is 11.8. The van der Waals surface area contributed by atoms with E-state index in [0.717, 1.165) is 24.5 Å². The average molecular weight is 476 g/mol. The Hall–Kier alpha value is -3.87. The van der Waals surface area contributed by atoms with Crippen molar-refractivity contribution in [2.75, 3.05) is 31.6 Å². The predicted molar refractivity (Wildman–Crippen MR) is 129 cm³/mol. The summed E-state index contributed by atoms with van der Waals surface area (Å²) in [6, 6.07) is 4.26. The number of ether oxygens (including phenoxy) is 2. The Kier molecular flexibility index (Phi) is 5.50. The molecular formula is C25H29N7O3. The van der Waals surface area contributed by atoms with Crippen molar-refractivity contribution in [3.63, 3.8) is 0 Å². The fourth-order valence-corrected chi connectivity index (χ4v) is 4.96. The molecule has 2 aliphatic rings. The van der Waals surface area contributed by atoms with Crippen LogP contribution in [0, 0.1) is 23.2 Å². The topological polar surface area (TPSA) is 109 Å². The maximum atomic E-state index is 12.4. The standard InChI is InChI=1S/C25H29N7O3/c1-6-34-16-7-17(22-15(8-26)9-29-32(22)12-16)20-10-28-21(11-27-20)31-13-18-19(14-31)23(18)30(5)24(33)35-25(2,3)4/h7,9-12,18-19,23H,6,13-14H2,1-5H3/t18-,19+,23-. The van der Waals surface area contributed by atoms with Gasteiger partial charge in [-0.15, -0.1) is 0 Å². The van der Waals surface area contributed by atoms with Crippen molar-refractivity contribution in [2.45, 2.75) is 39.3 Å². The van der Waals surface area contributed by atoms with Crippen LogP contribution in [-0.4, -0.2) is 69.0 Å². The molecule has 1 saturated heterocycles. The molecule has 10 heteroatoms. The van der Waals surface area contributed by atoms with Gasteiger partial charge in [0.25, 0.3) is 0 Å². The van der Waals surface area contributed by atoms with Gasteiger partial charge in [0.15, 0.2) is 0 Å². The fourth-order valence-electron chi connectivity index (χ4n) is 4.96. The highest BCUT2D eigenvalue weighted by Crippen LogP contribution is 2.49. The summed E-state index contributed by atoms with van der Waals surface area (Å²) in [4.78, 5) is 25.7. The van der Waals surface area contributed by atoms with E-state index in [2.05, 4.69) is 26.0 Å². The van der Waals surface area contributed by atoms with Gasteiger partial charge in [-0.3, -0.25) is 4.98 Å². The first-order valence-corrected chi connectivity index (χ1v) is 11.8. The number of carbonyl (C=O) groups is 1. The van der Waals surface area contributed by atoms with Gasteiger partial charge in [-0.05, 0) is 33.8 Å². The highest BCUT2D eigenvalue weighted by Gasteiger charge is 2.59.